The van der Waals surface area contributed by atoms with Crippen LogP contribution in [0.4, 0.5) is 0 Å². The van der Waals surface area contributed by atoms with E-state index in [1.165, 1.54) is 0 Å². The topological polar surface area (TPSA) is 78.0 Å². The molecule has 2 rings (SSSR count). The van der Waals surface area contributed by atoms with Crippen molar-refractivity contribution in [1.82, 2.24) is 20.2 Å². The number of nitrogens with two attached hydrogens (primary N) is 1. The molecule has 0 aliphatic rings. The molecule has 0 bridgehead atoms. The quantitative estimate of drug-likeness (QED) is 0.580. The highest BCUT2D eigenvalue weighted by Gasteiger charge is 2.15. The molecule has 20 heavy (non-hydrogen) atoms. The van der Waals surface area contributed by atoms with Gasteiger partial charge in [-0.2, -0.15) is 5.10 Å². The summed E-state index contributed by atoms with van der Waals surface area (Å²) in [6.07, 6.45) is 3.08. The number of rotatable bonds is 7. The van der Waals surface area contributed by atoms with Crippen LogP contribution >= 0.6 is 0 Å². The summed E-state index contributed by atoms with van der Waals surface area (Å²) in [4.78, 5) is 4.28. The third-order valence-corrected chi connectivity index (χ3v) is 3.32. The van der Waals surface area contributed by atoms with Gasteiger partial charge in [-0.05, 0) is 25.0 Å². The number of benzene rings is 1. The zero-order valence-corrected chi connectivity index (χ0v) is 11.9. The SMILES string of the molecule is CCn1ncnc1CC(Cc1ccccc1OC)NN. The van der Waals surface area contributed by atoms with Crippen LogP contribution in [0.15, 0.2) is 30.6 Å². The molecule has 1 heterocycles. The molecule has 1 aromatic carbocycles. The Kier molecular flexibility index (Phi) is 5.09. The molecule has 0 saturated carbocycles. The molecule has 2 aromatic rings. The van der Waals surface area contributed by atoms with Crippen LogP contribution < -0.4 is 16.0 Å². The Labute approximate surface area is 118 Å². The Morgan fingerprint density at radius 2 is 2.15 bits per heavy atom. The molecule has 0 amide bonds. The monoisotopic (exact) mass is 275 g/mol. The minimum atomic E-state index is 0.0841. The summed E-state index contributed by atoms with van der Waals surface area (Å²) in [5.74, 6) is 7.49. The number of methoxy groups -OCH3 is 1. The third-order valence-electron chi connectivity index (χ3n) is 3.32. The first kappa shape index (κ1) is 14.5. The molecular formula is C14H21N5O. The van der Waals surface area contributed by atoms with Gasteiger partial charge < -0.3 is 4.74 Å². The van der Waals surface area contributed by atoms with E-state index in [2.05, 4.69) is 15.5 Å². The lowest BCUT2D eigenvalue weighted by atomic mass is 10.0. The van der Waals surface area contributed by atoms with Gasteiger partial charge in [0.15, 0.2) is 0 Å². The highest BCUT2D eigenvalue weighted by atomic mass is 16.5. The highest BCUT2D eigenvalue weighted by Crippen LogP contribution is 2.19. The van der Waals surface area contributed by atoms with E-state index < -0.39 is 0 Å². The van der Waals surface area contributed by atoms with Crippen molar-refractivity contribution in [2.24, 2.45) is 5.84 Å². The molecule has 0 saturated heterocycles. The van der Waals surface area contributed by atoms with Crippen molar-refractivity contribution in [3.63, 3.8) is 0 Å². The van der Waals surface area contributed by atoms with Gasteiger partial charge in [0, 0.05) is 19.0 Å². The fraction of sp³-hybridized carbons (Fsp3) is 0.429. The first-order valence-electron chi connectivity index (χ1n) is 6.73. The average molecular weight is 275 g/mol. The lowest BCUT2D eigenvalue weighted by molar-refractivity contribution is 0.403. The highest BCUT2D eigenvalue weighted by molar-refractivity contribution is 5.33. The molecular weight excluding hydrogens is 254 g/mol. The minimum Gasteiger partial charge on any atom is -0.496 e. The maximum atomic E-state index is 5.67. The fourth-order valence-corrected chi connectivity index (χ4v) is 2.26. The number of ether oxygens (including phenoxy) is 1. The van der Waals surface area contributed by atoms with Gasteiger partial charge in [-0.3, -0.25) is 16.0 Å². The summed E-state index contributed by atoms with van der Waals surface area (Å²) in [5, 5.41) is 4.18. The van der Waals surface area contributed by atoms with Gasteiger partial charge in [-0.15, -0.1) is 0 Å². The van der Waals surface area contributed by atoms with E-state index in [0.29, 0.717) is 0 Å². The Hall–Kier alpha value is -1.92. The Morgan fingerprint density at radius 3 is 2.85 bits per heavy atom. The van der Waals surface area contributed by atoms with Gasteiger partial charge >= 0.3 is 0 Å². The number of para-hydroxylation sites is 1. The van der Waals surface area contributed by atoms with Crippen molar-refractivity contribution in [2.45, 2.75) is 32.4 Å². The van der Waals surface area contributed by atoms with Gasteiger partial charge in [0.1, 0.15) is 17.9 Å². The van der Waals surface area contributed by atoms with E-state index in [1.54, 1.807) is 13.4 Å². The van der Waals surface area contributed by atoms with Crippen molar-refractivity contribution >= 4 is 0 Å². The van der Waals surface area contributed by atoms with Gasteiger partial charge in [0.05, 0.1) is 7.11 Å². The van der Waals surface area contributed by atoms with Crippen molar-refractivity contribution < 1.29 is 4.74 Å². The van der Waals surface area contributed by atoms with Crippen LogP contribution in [0.5, 0.6) is 5.75 Å². The van der Waals surface area contributed by atoms with Crippen molar-refractivity contribution in [3.8, 4) is 5.75 Å². The molecule has 0 fully saturated rings. The third kappa shape index (κ3) is 3.34. The summed E-state index contributed by atoms with van der Waals surface area (Å²) in [6.45, 7) is 2.85. The maximum Gasteiger partial charge on any atom is 0.138 e. The lowest BCUT2D eigenvalue weighted by Crippen LogP contribution is -2.39. The molecule has 1 unspecified atom stereocenters. The van der Waals surface area contributed by atoms with E-state index in [4.69, 9.17) is 10.6 Å². The van der Waals surface area contributed by atoms with E-state index in [9.17, 15) is 0 Å². The Bertz CT molecular complexity index is 540. The molecule has 1 atom stereocenters. The Balaban J connectivity index is 2.09. The second-order valence-electron chi connectivity index (χ2n) is 4.58. The fourth-order valence-electron chi connectivity index (χ4n) is 2.26. The summed E-state index contributed by atoms with van der Waals surface area (Å²) >= 11 is 0. The van der Waals surface area contributed by atoms with Gasteiger partial charge in [-0.25, -0.2) is 4.98 Å². The van der Waals surface area contributed by atoms with Crippen molar-refractivity contribution in [2.75, 3.05) is 7.11 Å². The molecule has 0 radical (unpaired) electrons. The molecule has 1 aromatic heterocycles. The van der Waals surface area contributed by atoms with Gasteiger partial charge in [0.25, 0.3) is 0 Å². The van der Waals surface area contributed by atoms with Gasteiger partial charge in [0.2, 0.25) is 0 Å². The van der Waals surface area contributed by atoms with Crippen LogP contribution in [-0.2, 0) is 19.4 Å². The minimum absolute atomic E-state index is 0.0841. The van der Waals surface area contributed by atoms with Crippen LogP contribution in [-0.4, -0.2) is 27.9 Å². The normalized spacial score (nSPS) is 12.3. The first-order chi connectivity index (χ1) is 9.78. The largest absolute Gasteiger partial charge is 0.496 e. The van der Waals surface area contributed by atoms with Crippen LogP contribution in [0.2, 0.25) is 0 Å². The number of aryl methyl sites for hydroxylation is 1. The molecule has 6 heteroatoms. The molecule has 3 N–H and O–H groups in total. The number of aromatic nitrogens is 3. The number of hydrazine groups is 1. The van der Waals surface area contributed by atoms with E-state index in [-0.39, 0.29) is 6.04 Å². The molecule has 0 spiro atoms. The van der Waals surface area contributed by atoms with Crippen LogP contribution in [0.25, 0.3) is 0 Å². The summed E-state index contributed by atoms with van der Waals surface area (Å²) in [6, 6.07) is 8.05. The number of nitrogens with zero attached hydrogens (tertiary/aromatic N) is 3. The molecule has 0 aliphatic heterocycles. The number of hydrogen-bond acceptors (Lipinski definition) is 5. The number of nitrogens with one attached hydrogen (secondary N) is 1. The smallest absolute Gasteiger partial charge is 0.138 e. The van der Waals surface area contributed by atoms with Gasteiger partial charge in [-0.1, -0.05) is 18.2 Å². The number of hydrogen-bond donors (Lipinski definition) is 2. The predicted molar refractivity (Wildman–Crippen MR) is 77.2 cm³/mol. The zero-order chi connectivity index (χ0) is 14.4. The summed E-state index contributed by atoms with van der Waals surface area (Å²) in [7, 11) is 1.68. The van der Waals surface area contributed by atoms with Crippen molar-refractivity contribution in [1.29, 1.82) is 0 Å². The molecule has 6 nitrogen and oxygen atoms in total. The molecule has 108 valence electrons. The Morgan fingerprint density at radius 1 is 1.35 bits per heavy atom. The maximum absolute atomic E-state index is 5.67. The van der Waals surface area contributed by atoms with Crippen LogP contribution in [0.1, 0.15) is 18.3 Å². The summed E-state index contributed by atoms with van der Waals surface area (Å²) in [5.41, 5.74) is 3.98. The summed E-state index contributed by atoms with van der Waals surface area (Å²) < 4.78 is 7.25. The average Bonchev–Trinajstić information content (AvgIpc) is 2.94. The second-order valence-corrected chi connectivity index (χ2v) is 4.58. The van der Waals surface area contributed by atoms with Crippen LogP contribution in [0.3, 0.4) is 0 Å². The predicted octanol–water partition coefficient (Wildman–Crippen LogP) is 0.924. The van der Waals surface area contributed by atoms with E-state index in [1.807, 2.05) is 35.9 Å². The van der Waals surface area contributed by atoms with Crippen molar-refractivity contribution in [3.05, 3.63) is 42.0 Å². The van der Waals surface area contributed by atoms with E-state index >= 15 is 0 Å². The lowest BCUT2D eigenvalue weighted by Gasteiger charge is -2.17. The zero-order valence-electron chi connectivity index (χ0n) is 11.9. The first-order valence-corrected chi connectivity index (χ1v) is 6.73. The van der Waals surface area contributed by atoms with E-state index in [0.717, 1.165) is 36.5 Å². The second kappa shape index (κ2) is 7.02. The standard InChI is InChI=1S/C14H21N5O/c1-3-19-14(16-10-17-19)9-12(18-15)8-11-6-4-5-7-13(11)20-2/h4-7,10,12,18H,3,8-9,15H2,1-2H3. The van der Waals surface area contributed by atoms with Crippen LogP contribution in [0, 0.1) is 0 Å². The molecule has 0 aliphatic carbocycles.